The van der Waals surface area contributed by atoms with Crippen molar-refractivity contribution in [3.05, 3.63) is 22.7 Å². The van der Waals surface area contributed by atoms with Gasteiger partial charge in [0.15, 0.2) is 0 Å². The van der Waals surface area contributed by atoms with Crippen LogP contribution in [0.25, 0.3) is 0 Å². The Kier molecular flexibility index (Phi) is 3.93. The number of hydrogen-bond acceptors (Lipinski definition) is 2. The van der Waals surface area contributed by atoms with Crippen molar-refractivity contribution in [2.45, 2.75) is 37.6 Å². The highest BCUT2D eigenvalue weighted by molar-refractivity contribution is 6.34. The molecule has 4 nitrogen and oxygen atoms in total. The van der Waals surface area contributed by atoms with Gasteiger partial charge in [0.2, 0.25) is 0 Å². The minimum absolute atomic E-state index is 0.00189. The summed E-state index contributed by atoms with van der Waals surface area (Å²) in [5, 5.41) is 6.29. The lowest BCUT2D eigenvalue weighted by Crippen LogP contribution is -2.52. The quantitative estimate of drug-likeness (QED) is 0.887. The van der Waals surface area contributed by atoms with Gasteiger partial charge in [-0.15, -0.1) is 0 Å². The van der Waals surface area contributed by atoms with Gasteiger partial charge in [0.1, 0.15) is 19.0 Å². The molecule has 0 radical (unpaired) electrons. The van der Waals surface area contributed by atoms with Crippen LogP contribution in [0.3, 0.4) is 0 Å². The van der Waals surface area contributed by atoms with Crippen molar-refractivity contribution in [2.24, 2.45) is 0 Å². The molecule has 0 aromatic heterocycles. The lowest BCUT2D eigenvalue weighted by Gasteiger charge is -2.43. The summed E-state index contributed by atoms with van der Waals surface area (Å²) in [5.74, 6) is 0.599. The fourth-order valence-corrected chi connectivity index (χ4v) is 3.58. The van der Waals surface area contributed by atoms with Crippen molar-refractivity contribution in [1.29, 1.82) is 0 Å². The Morgan fingerprint density at radius 1 is 1.29 bits per heavy atom. The van der Waals surface area contributed by atoms with Crippen molar-refractivity contribution in [1.82, 2.24) is 5.32 Å². The van der Waals surface area contributed by atoms with Crippen LogP contribution in [0.1, 0.15) is 37.7 Å². The highest BCUT2D eigenvalue weighted by Gasteiger charge is 2.43. The largest absolute Gasteiger partial charge is 0.490 e. The first-order valence-corrected chi connectivity index (χ1v) is 7.65. The maximum atomic E-state index is 12.4. The Hall–Kier alpha value is -1.49. The van der Waals surface area contributed by atoms with E-state index in [0.717, 1.165) is 37.7 Å². The van der Waals surface area contributed by atoms with Crippen LogP contribution in [0.5, 0.6) is 5.75 Å². The summed E-state index contributed by atoms with van der Waals surface area (Å²) >= 11 is 6.24. The average Bonchev–Trinajstić information content (AvgIpc) is 2.48. The van der Waals surface area contributed by atoms with Crippen molar-refractivity contribution in [3.8, 4) is 5.75 Å². The highest BCUT2D eigenvalue weighted by Crippen LogP contribution is 2.49. The Labute approximate surface area is 128 Å². The van der Waals surface area contributed by atoms with Gasteiger partial charge < -0.3 is 15.4 Å². The summed E-state index contributed by atoms with van der Waals surface area (Å²) in [5.41, 5.74) is 1.01. The van der Waals surface area contributed by atoms with Crippen LogP contribution >= 0.6 is 11.6 Å². The van der Waals surface area contributed by atoms with Crippen LogP contribution in [0.2, 0.25) is 5.02 Å². The van der Waals surface area contributed by atoms with Crippen LogP contribution in [0.4, 0.5) is 14.9 Å². The minimum Gasteiger partial charge on any atom is -0.490 e. The zero-order valence-electron chi connectivity index (χ0n) is 11.7. The first kappa shape index (κ1) is 14.4. The molecule has 1 aromatic rings. The van der Waals surface area contributed by atoms with Gasteiger partial charge in [-0.3, -0.25) is 0 Å². The average molecular weight is 313 g/mol. The maximum Gasteiger partial charge on any atom is 0.319 e. The number of benzene rings is 1. The molecule has 1 aliphatic carbocycles. The number of amides is 2. The second kappa shape index (κ2) is 5.72. The normalized spacial score (nSPS) is 19.6. The number of ether oxygens (including phenoxy) is 1. The molecule has 0 bridgehead atoms. The van der Waals surface area contributed by atoms with Crippen molar-refractivity contribution >= 4 is 23.3 Å². The van der Waals surface area contributed by atoms with Gasteiger partial charge >= 0.3 is 6.03 Å². The number of hydrogen-bond donors (Lipinski definition) is 2. The summed E-state index contributed by atoms with van der Waals surface area (Å²) in [6.45, 7) is -0.553. The monoisotopic (exact) mass is 312 g/mol. The molecule has 1 aromatic carbocycles. The van der Waals surface area contributed by atoms with Gasteiger partial charge in [-0.2, -0.15) is 0 Å². The van der Waals surface area contributed by atoms with Crippen LogP contribution in [-0.2, 0) is 5.54 Å². The minimum atomic E-state index is -0.551. The lowest BCUT2D eigenvalue weighted by molar-refractivity contribution is 0.201. The molecular weight excluding hydrogens is 295 g/mol. The van der Waals surface area contributed by atoms with Crippen LogP contribution < -0.4 is 15.4 Å². The predicted octanol–water partition coefficient (Wildman–Crippen LogP) is 3.98. The summed E-state index contributed by atoms with van der Waals surface area (Å²) < 4.78 is 18.0. The van der Waals surface area contributed by atoms with Crippen LogP contribution in [0.15, 0.2) is 12.1 Å². The zero-order chi connectivity index (χ0) is 14.9. The fourth-order valence-electron chi connectivity index (χ4n) is 3.38. The van der Waals surface area contributed by atoms with E-state index in [1.54, 1.807) is 12.1 Å². The van der Waals surface area contributed by atoms with Crippen molar-refractivity contribution in [3.63, 3.8) is 0 Å². The van der Waals surface area contributed by atoms with Gasteiger partial charge in [0.25, 0.3) is 0 Å². The Bertz CT molecular complexity index is 559. The summed E-state index contributed by atoms with van der Waals surface area (Å²) in [4.78, 5) is 12.0. The molecule has 0 saturated heterocycles. The molecule has 114 valence electrons. The van der Waals surface area contributed by atoms with E-state index in [4.69, 9.17) is 16.3 Å². The molecule has 2 amide bonds. The van der Waals surface area contributed by atoms with E-state index in [9.17, 15) is 9.18 Å². The first-order chi connectivity index (χ1) is 10.2. The Balaban J connectivity index is 2.11. The number of urea groups is 1. The number of rotatable bonds is 3. The van der Waals surface area contributed by atoms with Crippen LogP contribution in [-0.4, -0.2) is 19.3 Å². The number of nitrogens with one attached hydrogen (secondary N) is 2. The third-order valence-corrected chi connectivity index (χ3v) is 4.54. The summed E-state index contributed by atoms with van der Waals surface area (Å²) in [6, 6.07) is 3.19. The molecule has 6 heteroatoms. The van der Waals surface area contributed by atoms with E-state index in [2.05, 4.69) is 10.6 Å². The third-order valence-electron chi connectivity index (χ3n) is 4.23. The van der Waals surface area contributed by atoms with Gasteiger partial charge in [0.05, 0.1) is 16.2 Å². The predicted molar refractivity (Wildman–Crippen MR) is 79.8 cm³/mol. The van der Waals surface area contributed by atoms with E-state index in [1.807, 2.05) is 0 Å². The number of fused-ring (bicyclic) bond motifs is 2. The van der Waals surface area contributed by atoms with E-state index in [-0.39, 0.29) is 12.6 Å². The van der Waals surface area contributed by atoms with Gasteiger partial charge in [0, 0.05) is 5.56 Å². The SMILES string of the molecule is O=C1Nc2c(Cl)ccc(OCCF)c2C2(CCCCC2)N1. The Morgan fingerprint density at radius 3 is 2.76 bits per heavy atom. The molecule has 0 atom stereocenters. The third kappa shape index (κ3) is 2.55. The summed E-state index contributed by atoms with van der Waals surface area (Å²) in [7, 11) is 0. The number of halogens is 2. The topological polar surface area (TPSA) is 50.4 Å². The zero-order valence-corrected chi connectivity index (χ0v) is 12.4. The van der Waals surface area contributed by atoms with Gasteiger partial charge in [-0.05, 0) is 25.0 Å². The molecule has 1 saturated carbocycles. The van der Waals surface area contributed by atoms with E-state index in [0.29, 0.717) is 16.5 Å². The molecule has 21 heavy (non-hydrogen) atoms. The highest BCUT2D eigenvalue weighted by atomic mass is 35.5. The first-order valence-electron chi connectivity index (χ1n) is 7.27. The number of carbonyl (C=O) groups is 1. The molecule has 3 rings (SSSR count). The maximum absolute atomic E-state index is 12.4. The number of carbonyl (C=O) groups excluding carboxylic acids is 1. The fraction of sp³-hybridized carbons (Fsp3) is 0.533. The molecule has 0 unspecified atom stereocenters. The van der Waals surface area contributed by atoms with Crippen molar-refractivity contribution < 1.29 is 13.9 Å². The van der Waals surface area contributed by atoms with E-state index >= 15 is 0 Å². The summed E-state index contributed by atoms with van der Waals surface area (Å²) in [6.07, 6.45) is 4.92. The molecule has 1 aliphatic heterocycles. The van der Waals surface area contributed by atoms with Crippen molar-refractivity contribution in [2.75, 3.05) is 18.6 Å². The van der Waals surface area contributed by atoms with E-state index in [1.165, 1.54) is 0 Å². The van der Waals surface area contributed by atoms with E-state index < -0.39 is 12.2 Å². The van der Waals surface area contributed by atoms with Gasteiger partial charge in [-0.1, -0.05) is 30.9 Å². The molecule has 1 fully saturated rings. The molecule has 2 N–H and O–H groups in total. The molecule has 2 aliphatic rings. The smallest absolute Gasteiger partial charge is 0.319 e. The molecular formula is C15H18ClFN2O2. The number of alkyl halides is 1. The molecule has 1 heterocycles. The Morgan fingerprint density at radius 2 is 2.05 bits per heavy atom. The standard InChI is InChI=1S/C15H18ClFN2O2/c16-10-4-5-11(21-9-8-17)12-13(10)18-14(20)19-15(12)6-2-1-3-7-15/h4-5H,1-3,6-9H2,(H2,18,19,20). The molecule has 1 spiro atoms. The lowest BCUT2D eigenvalue weighted by atomic mass is 9.74. The number of anilines is 1. The van der Waals surface area contributed by atoms with Gasteiger partial charge in [-0.25, -0.2) is 9.18 Å². The second-order valence-electron chi connectivity index (χ2n) is 5.55. The second-order valence-corrected chi connectivity index (χ2v) is 5.96. The van der Waals surface area contributed by atoms with Crippen LogP contribution in [0, 0.1) is 0 Å².